The van der Waals surface area contributed by atoms with Gasteiger partial charge < -0.3 is 15.4 Å². The second kappa shape index (κ2) is 5.69. The van der Waals surface area contributed by atoms with Crippen LogP contribution in [0.1, 0.15) is 29.6 Å². The zero-order chi connectivity index (χ0) is 14.8. The molecule has 1 aromatic carbocycles. The quantitative estimate of drug-likeness (QED) is 0.798. The maximum atomic E-state index is 12.3. The Balaban J connectivity index is 1.82. The van der Waals surface area contributed by atoms with Crippen molar-refractivity contribution in [1.29, 1.82) is 0 Å². The molecule has 1 heterocycles. The molecule has 5 nitrogen and oxygen atoms in total. The Morgan fingerprint density at radius 1 is 1.33 bits per heavy atom. The number of para-hydroxylation sites is 1. The van der Waals surface area contributed by atoms with Crippen LogP contribution in [-0.4, -0.2) is 28.6 Å². The van der Waals surface area contributed by atoms with Gasteiger partial charge in [0, 0.05) is 29.4 Å². The number of fused-ring (bicyclic) bond motifs is 1. The second-order valence-electron chi connectivity index (χ2n) is 5.56. The molecule has 5 heteroatoms. The van der Waals surface area contributed by atoms with E-state index in [1.165, 1.54) is 6.07 Å². The number of rotatable bonds is 3. The lowest BCUT2D eigenvalue weighted by atomic mass is 10.1. The van der Waals surface area contributed by atoms with Crippen LogP contribution in [0, 0.1) is 5.92 Å². The molecule has 3 N–H and O–H groups in total. The van der Waals surface area contributed by atoms with Crippen molar-refractivity contribution in [3.8, 4) is 0 Å². The summed E-state index contributed by atoms with van der Waals surface area (Å²) in [6, 6.07) is 8.55. The van der Waals surface area contributed by atoms with Crippen LogP contribution in [0.5, 0.6) is 0 Å². The first kappa shape index (κ1) is 13.8. The van der Waals surface area contributed by atoms with Gasteiger partial charge in [-0.3, -0.25) is 9.59 Å². The fourth-order valence-corrected chi connectivity index (χ4v) is 2.97. The van der Waals surface area contributed by atoms with Gasteiger partial charge in [-0.2, -0.15) is 0 Å². The number of benzene rings is 1. The third-order valence-corrected chi connectivity index (χ3v) is 4.14. The normalized spacial score (nSPS) is 21.6. The minimum Gasteiger partial charge on any atom is -0.393 e. The molecule has 2 atom stereocenters. The van der Waals surface area contributed by atoms with Crippen LogP contribution in [0.4, 0.5) is 0 Å². The number of H-pyrrole nitrogens is 1. The summed E-state index contributed by atoms with van der Waals surface area (Å²) < 4.78 is 0. The monoisotopic (exact) mass is 286 g/mol. The number of aliphatic hydroxyl groups excluding tert-OH is 1. The van der Waals surface area contributed by atoms with E-state index < -0.39 is 0 Å². The Morgan fingerprint density at radius 3 is 2.90 bits per heavy atom. The highest BCUT2D eigenvalue weighted by molar-refractivity contribution is 6.05. The number of hydrogen-bond acceptors (Lipinski definition) is 3. The second-order valence-corrected chi connectivity index (χ2v) is 5.56. The highest BCUT2D eigenvalue weighted by atomic mass is 16.3. The Bertz CT molecular complexity index is 723. The minimum absolute atomic E-state index is 0.113. The number of hydrogen-bond donors (Lipinski definition) is 3. The maximum Gasteiger partial charge on any atom is 0.252 e. The largest absolute Gasteiger partial charge is 0.393 e. The van der Waals surface area contributed by atoms with Crippen LogP contribution in [0.15, 0.2) is 35.1 Å². The topological polar surface area (TPSA) is 82.2 Å². The molecule has 0 radical (unpaired) electrons. The van der Waals surface area contributed by atoms with Gasteiger partial charge >= 0.3 is 0 Å². The van der Waals surface area contributed by atoms with Crippen LogP contribution in [0.2, 0.25) is 0 Å². The summed E-state index contributed by atoms with van der Waals surface area (Å²) in [5, 5.41) is 13.3. The van der Waals surface area contributed by atoms with E-state index in [-0.39, 0.29) is 23.5 Å². The molecule has 0 aliphatic heterocycles. The molecule has 1 amide bonds. The van der Waals surface area contributed by atoms with Gasteiger partial charge in [0.2, 0.25) is 5.56 Å². The van der Waals surface area contributed by atoms with Crippen LogP contribution in [0.3, 0.4) is 0 Å². The third kappa shape index (κ3) is 2.83. The molecule has 2 aromatic rings. The molecule has 0 saturated heterocycles. The summed E-state index contributed by atoms with van der Waals surface area (Å²) in [6.07, 6.45) is 2.39. The number of carbonyl (C=O) groups excluding carboxylic acids is 1. The molecule has 2 unspecified atom stereocenters. The Hall–Kier alpha value is -2.14. The lowest BCUT2D eigenvalue weighted by molar-refractivity contribution is 0.0918. The minimum atomic E-state index is -0.332. The number of aliphatic hydroxyl groups is 1. The number of nitrogens with one attached hydrogen (secondary N) is 2. The molecule has 110 valence electrons. The zero-order valence-electron chi connectivity index (χ0n) is 11.6. The van der Waals surface area contributed by atoms with Gasteiger partial charge in [0.25, 0.3) is 5.91 Å². The number of pyridine rings is 1. The van der Waals surface area contributed by atoms with Crippen molar-refractivity contribution in [2.45, 2.75) is 25.4 Å². The first-order chi connectivity index (χ1) is 10.1. The Kier molecular flexibility index (Phi) is 3.75. The fraction of sp³-hybridized carbons (Fsp3) is 0.375. The summed E-state index contributed by atoms with van der Waals surface area (Å²) in [5.41, 5.74) is 0.734. The van der Waals surface area contributed by atoms with Gasteiger partial charge in [0.1, 0.15) is 0 Å². The summed E-state index contributed by atoms with van der Waals surface area (Å²) in [6.45, 7) is 0.446. The summed E-state index contributed by atoms with van der Waals surface area (Å²) in [4.78, 5) is 26.7. The van der Waals surface area contributed by atoms with E-state index in [4.69, 9.17) is 0 Å². The van der Waals surface area contributed by atoms with E-state index in [2.05, 4.69) is 10.3 Å². The van der Waals surface area contributed by atoms with E-state index in [1.54, 1.807) is 6.07 Å². The van der Waals surface area contributed by atoms with Gasteiger partial charge in [-0.05, 0) is 18.9 Å². The first-order valence-electron chi connectivity index (χ1n) is 7.23. The van der Waals surface area contributed by atoms with Crippen LogP contribution < -0.4 is 10.9 Å². The molecule has 1 aliphatic rings. The average molecular weight is 286 g/mol. The predicted molar refractivity (Wildman–Crippen MR) is 80.2 cm³/mol. The van der Waals surface area contributed by atoms with Gasteiger partial charge in [0.15, 0.2) is 0 Å². The molecule has 0 bridgehead atoms. The zero-order valence-corrected chi connectivity index (χ0v) is 11.6. The van der Waals surface area contributed by atoms with E-state index in [0.29, 0.717) is 17.6 Å². The number of aromatic nitrogens is 1. The van der Waals surface area contributed by atoms with Crippen molar-refractivity contribution in [3.63, 3.8) is 0 Å². The number of carbonyl (C=O) groups is 1. The van der Waals surface area contributed by atoms with Crippen LogP contribution >= 0.6 is 0 Å². The molecule has 1 saturated carbocycles. The molecular weight excluding hydrogens is 268 g/mol. The van der Waals surface area contributed by atoms with Crippen LogP contribution in [-0.2, 0) is 0 Å². The predicted octanol–water partition coefficient (Wildman–Crippen LogP) is 1.42. The van der Waals surface area contributed by atoms with E-state index in [9.17, 15) is 14.7 Å². The van der Waals surface area contributed by atoms with Gasteiger partial charge in [-0.25, -0.2) is 0 Å². The van der Waals surface area contributed by atoms with Gasteiger partial charge in [-0.15, -0.1) is 0 Å². The fourth-order valence-electron chi connectivity index (χ4n) is 2.97. The maximum absolute atomic E-state index is 12.3. The van der Waals surface area contributed by atoms with Crippen molar-refractivity contribution in [2.24, 2.45) is 5.92 Å². The highest BCUT2D eigenvalue weighted by Crippen LogP contribution is 2.24. The molecular formula is C16H18N2O3. The summed E-state index contributed by atoms with van der Waals surface area (Å²) in [7, 11) is 0. The SMILES string of the molecule is O=C(NCC1CCCC1O)c1cc(=O)[nH]c2ccccc12. The Labute approximate surface area is 122 Å². The summed E-state index contributed by atoms with van der Waals surface area (Å²) >= 11 is 0. The summed E-state index contributed by atoms with van der Waals surface area (Å²) in [5.74, 6) is -0.154. The Morgan fingerprint density at radius 2 is 2.14 bits per heavy atom. The van der Waals surface area contributed by atoms with Crippen molar-refractivity contribution in [1.82, 2.24) is 10.3 Å². The van der Waals surface area contributed by atoms with Crippen molar-refractivity contribution in [3.05, 3.63) is 46.2 Å². The molecule has 1 aliphatic carbocycles. The third-order valence-electron chi connectivity index (χ3n) is 4.14. The number of aromatic amines is 1. The molecule has 21 heavy (non-hydrogen) atoms. The molecule has 1 fully saturated rings. The highest BCUT2D eigenvalue weighted by Gasteiger charge is 2.25. The average Bonchev–Trinajstić information content (AvgIpc) is 2.89. The standard InChI is InChI=1S/C16H18N2O3/c19-14-7-3-4-10(14)9-17-16(21)12-8-15(20)18-13-6-2-1-5-11(12)13/h1-2,5-6,8,10,14,19H,3-4,7,9H2,(H,17,21)(H,18,20). The van der Waals surface area contributed by atoms with Crippen molar-refractivity contribution in [2.75, 3.05) is 6.54 Å². The van der Waals surface area contributed by atoms with Crippen molar-refractivity contribution >= 4 is 16.8 Å². The van der Waals surface area contributed by atoms with Crippen LogP contribution in [0.25, 0.3) is 10.9 Å². The smallest absolute Gasteiger partial charge is 0.252 e. The first-order valence-corrected chi connectivity index (χ1v) is 7.23. The van der Waals surface area contributed by atoms with Gasteiger partial charge in [0.05, 0.1) is 11.7 Å². The lowest BCUT2D eigenvalue weighted by Gasteiger charge is -2.15. The number of amides is 1. The molecule has 0 spiro atoms. The van der Waals surface area contributed by atoms with E-state index >= 15 is 0 Å². The molecule has 1 aromatic heterocycles. The molecule has 3 rings (SSSR count). The van der Waals surface area contributed by atoms with Gasteiger partial charge in [-0.1, -0.05) is 24.6 Å². The lowest BCUT2D eigenvalue weighted by Crippen LogP contribution is -2.33. The van der Waals surface area contributed by atoms with E-state index in [0.717, 1.165) is 24.6 Å². The van der Waals surface area contributed by atoms with Crippen molar-refractivity contribution < 1.29 is 9.90 Å². The van der Waals surface area contributed by atoms with E-state index in [1.807, 2.05) is 18.2 Å².